The van der Waals surface area contributed by atoms with Gasteiger partial charge in [-0.3, -0.25) is 4.79 Å². The Bertz CT molecular complexity index is 268. The van der Waals surface area contributed by atoms with Gasteiger partial charge in [-0.2, -0.15) is 0 Å². The average Bonchev–Trinajstić information content (AvgIpc) is 2.81. The molecule has 0 spiro atoms. The Kier molecular flexibility index (Phi) is 7.39. The van der Waals surface area contributed by atoms with Gasteiger partial charge in [0.25, 0.3) is 0 Å². The lowest BCUT2D eigenvalue weighted by Gasteiger charge is -2.27. The SMILES string of the molecule is CCC(CCN)CCC(=O)N1CCCC1CN(C)C. The lowest BCUT2D eigenvalue weighted by atomic mass is 9.96. The largest absolute Gasteiger partial charge is 0.338 e. The van der Waals surface area contributed by atoms with Crippen molar-refractivity contribution in [2.75, 3.05) is 33.7 Å². The third kappa shape index (κ3) is 5.49. The van der Waals surface area contributed by atoms with Gasteiger partial charge in [0.15, 0.2) is 0 Å². The molecule has 0 radical (unpaired) electrons. The van der Waals surface area contributed by atoms with Gasteiger partial charge in [0, 0.05) is 25.6 Å². The third-order valence-electron chi connectivity index (χ3n) is 4.19. The molecule has 2 unspecified atom stereocenters. The fraction of sp³-hybridized carbons (Fsp3) is 0.933. The molecule has 1 heterocycles. The smallest absolute Gasteiger partial charge is 0.222 e. The van der Waals surface area contributed by atoms with Crippen LogP contribution in [0.1, 0.15) is 45.4 Å². The van der Waals surface area contributed by atoms with Crippen molar-refractivity contribution in [3.05, 3.63) is 0 Å². The highest BCUT2D eigenvalue weighted by molar-refractivity contribution is 5.76. The summed E-state index contributed by atoms with van der Waals surface area (Å²) >= 11 is 0. The first-order valence-electron chi connectivity index (χ1n) is 7.72. The van der Waals surface area contributed by atoms with Crippen LogP contribution in [-0.2, 0) is 4.79 Å². The van der Waals surface area contributed by atoms with Crippen molar-refractivity contribution in [1.82, 2.24) is 9.80 Å². The number of nitrogens with two attached hydrogens (primary N) is 1. The van der Waals surface area contributed by atoms with E-state index in [1.807, 2.05) is 0 Å². The Hall–Kier alpha value is -0.610. The van der Waals surface area contributed by atoms with Crippen LogP contribution in [0.5, 0.6) is 0 Å². The van der Waals surface area contributed by atoms with Gasteiger partial charge < -0.3 is 15.5 Å². The minimum absolute atomic E-state index is 0.347. The zero-order valence-corrected chi connectivity index (χ0v) is 12.9. The van der Waals surface area contributed by atoms with Gasteiger partial charge in [-0.05, 0) is 52.2 Å². The number of rotatable bonds is 8. The summed E-state index contributed by atoms with van der Waals surface area (Å²) in [5.74, 6) is 0.962. The molecule has 4 nitrogen and oxygen atoms in total. The van der Waals surface area contributed by atoms with Crippen LogP contribution in [-0.4, -0.2) is 55.5 Å². The Balaban J connectivity index is 2.39. The van der Waals surface area contributed by atoms with Crippen molar-refractivity contribution < 1.29 is 4.79 Å². The first-order valence-corrected chi connectivity index (χ1v) is 7.72. The molecule has 1 aliphatic rings. The molecule has 0 aromatic carbocycles. The van der Waals surface area contributed by atoms with Crippen LogP contribution >= 0.6 is 0 Å². The van der Waals surface area contributed by atoms with E-state index in [-0.39, 0.29) is 0 Å². The summed E-state index contributed by atoms with van der Waals surface area (Å²) in [6.07, 6.45) is 6.19. The van der Waals surface area contributed by atoms with Crippen molar-refractivity contribution in [2.45, 2.75) is 51.5 Å². The normalized spacial score (nSPS) is 21.1. The molecule has 2 atom stereocenters. The molecule has 0 aromatic heterocycles. The molecular weight excluding hydrogens is 238 g/mol. The van der Waals surface area contributed by atoms with Crippen LogP contribution in [0.4, 0.5) is 0 Å². The molecule has 0 aliphatic carbocycles. The molecule has 1 amide bonds. The molecule has 1 saturated heterocycles. The van der Waals surface area contributed by atoms with Gasteiger partial charge in [-0.1, -0.05) is 13.3 Å². The second-order valence-electron chi connectivity index (χ2n) is 6.04. The van der Waals surface area contributed by atoms with Gasteiger partial charge in [0.05, 0.1) is 0 Å². The van der Waals surface area contributed by atoms with Crippen LogP contribution in [0.25, 0.3) is 0 Å². The average molecular weight is 269 g/mol. The van der Waals surface area contributed by atoms with Crippen molar-refractivity contribution in [3.63, 3.8) is 0 Å². The minimum atomic E-state index is 0.347. The van der Waals surface area contributed by atoms with E-state index in [9.17, 15) is 4.79 Å². The zero-order chi connectivity index (χ0) is 14.3. The zero-order valence-electron chi connectivity index (χ0n) is 12.9. The molecule has 2 N–H and O–H groups in total. The van der Waals surface area contributed by atoms with Crippen LogP contribution < -0.4 is 5.73 Å². The van der Waals surface area contributed by atoms with E-state index in [1.54, 1.807) is 0 Å². The molecule has 19 heavy (non-hydrogen) atoms. The summed E-state index contributed by atoms with van der Waals surface area (Å²) in [7, 11) is 4.16. The fourth-order valence-electron chi connectivity index (χ4n) is 3.03. The second-order valence-corrected chi connectivity index (χ2v) is 6.04. The standard InChI is InChI=1S/C15H31N3O/c1-4-13(9-10-16)7-8-15(19)18-11-5-6-14(18)12-17(2)3/h13-14H,4-12,16H2,1-3H3. The maximum Gasteiger partial charge on any atom is 0.222 e. The first kappa shape index (κ1) is 16.4. The highest BCUT2D eigenvalue weighted by Crippen LogP contribution is 2.21. The molecule has 0 aromatic rings. The van der Waals surface area contributed by atoms with E-state index in [0.29, 0.717) is 24.3 Å². The Morgan fingerprint density at radius 2 is 2.16 bits per heavy atom. The monoisotopic (exact) mass is 269 g/mol. The summed E-state index contributed by atoms with van der Waals surface area (Å²) in [5.41, 5.74) is 5.61. The number of hydrogen-bond acceptors (Lipinski definition) is 3. The number of nitrogens with zero attached hydrogens (tertiary/aromatic N) is 2. The van der Waals surface area contributed by atoms with Crippen LogP contribution in [0.3, 0.4) is 0 Å². The second kappa shape index (κ2) is 8.54. The van der Waals surface area contributed by atoms with Gasteiger partial charge >= 0.3 is 0 Å². The maximum atomic E-state index is 12.3. The quantitative estimate of drug-likeness (QED) is 0.729. The number of carbonyl (C=O) groups is 1. The molecule has 0 bridgehead atoms. The van der Waals surface area contributed by atoms with Gasteiger partial charge in [-0.15, -0.1) is 0 Å². The molecule has 1 aliphatic heterocycles. The van der Waals surface area contributed by atoms with E-state index in [2.05, 4.69) is 30.8 Å². The van der Waals surface area contributed by atoms with E-state index < -0.39 is 0 Å². The van der Waals surface area contributed by atoms with Crippen LogP contribution in [0.2, 0.25) is 0 Å². The van der Waals surface area contributed by atoms with Gasteiger partial charge in [-0.25, -0.2) is 0 Å². The van der Waals surface area contributed by atoms with E-state index >= 15 is 0 Å². The van der Waals surface area contributed by atoms with Crippen molar-refractivity contribution >= 4 is 5.91 Å². The number of likely N-dealkylation sites (N-methyl/N-ethyl adjacent to an activating group) is 1. The number of carbonyl (C=O) groups excluding carboxylic acids is 1. The number of amides is 1. The van der Waals surface area contributed by atoms with Crippen molar-refractivity contribution in [3.8, 4) is 0 Å². The third-order valence-corrected chi connectivity index (χ3v) is 4.19. The molecule has 112 valence electrons. The van der Waals surface area contributed by atoms with Gasteiger partial charge in [0.1, 0.15) is 0 Å². The highest BCUT2D eigenvalue weighted by Gasteiger charge is 2.28. The lowest BCUT2D eigenvalue weighted by Crippen LogP contribution is -2.41. The van der Waals surface area contributed by atoms with Gasteiger partial charge in [0.2, 0.25) is 5.91 Å². The summed E-state index contributed by atoms with van der Waals surface area (Å²) in [4.78, 5) is 16.6. The lowest BCUT2D eigenvalue weighted by molar-refractivity contribution is -0.132. The molecule has 1 fully saturated rings. The first-order chi connectivity index (χ1) is 9.08. The molecular formula is C15H31N3O. The number of hydrogen-bond donors (Lipinski definition) is 1. The maximum absolute atomic E-state index is 12.3. The Labute approximate surface area is 118 Å². The van der Waals surface area contributed by atoms with E-state index in [0.717, 1.165) is 51.7 Å². The van der Waals surface area contributed by atoms with Crippen LogP contribution in [0.15, 0.2) is 0 Å². The van der Waals surface area contributed by atoms with E-state index in [4.69, 9.17) is 5.73 Å². The predicted molar refractivity (Wildman–Crippen MR) is 80.0 cm³/mol. The van der Waals surface area contributed by atoms with E-state index in [1.165, 1.54) is 0 Å². The predicted octanol–water partition coefficient (Wildman–Crippen LogP) is 1.69. The molecule has 4 heteroatoms. The Morgan fingerprint density at radius 3 is 2.74 bits per heavy atom. The minimum Gasteiger partial charge on any atom is -0.338 e. The molecule has 1 rings (SSSR count). The summed E-state index contributed by atoms with van der Waals surface area (Å²) in [5, 5.41) is 0. The highest BCUT2D eigenvalue weighted by atomic mass is 16.2. The van der Waals surface area contributed by atoms with Crippen LogP contribution in [0, 0.1) is 5.92 Å². The topological polar surface area (TPSA) is 49.6 Å². The molecule has 0 saturated carbocycles. The van der Waals surface area contributed by atoms with Crippen molar-refractivity contribution in [2.24, 2.45) is 11.7 Å². The summed E-state index contributed by atoms with van der Waals surface area (Å²) < 4.78 is 0. The fourth-order valence-corrected chi connectivity index (χ4v) is 3.03. The Morgan fingerprint density at radius 1 is 1.42 bits per heavy atom. The summed E-state index contributed by atoms with van der Waals surface area (Å²) in [6, 6.07) is 0.428. The van der Waals surface area contributed by atoms with Crippen molar-refractivity contribution in [1.29, 1.82) is 0 Å². The number of likely N-dealkylation sites (tertiary alicyclic amines) is 1. The summed E-state index contributed by atoms with van der Waals surface area (Å²) in [6.45, 7) is 4.87.